The number of anilines is 1. The van der Waals surface area contributed by atoms with Crippen molar-refractivity contribution >= 4 is 11.6 Å². The Labute approximate surface area is 152 Å². The molecule has 0 saturated carbocycles. The van der Waals surface area contributed by atoms with Crippen LogP contribution in [0, 0.1) is 0 Å². The number of rotatable bonds is 7. The molecule has 134 valence electrons. The molecular weight excluding hydrogens is 330 g/mol. The number of methoxy groups -OCH3 is 2. The van der Waals surface area contributed by atoms with E-state index in [9.17, 15) is 4.79 Å². The van der Waals surface area contributed by atoms with Gasteiger partial charge in [-0.3, -0.25) is 9.48 Å². The van der Waals surface area contributed by atoms with Crippen molar-refractivity contribution in [2.24, 2.45) is 0 Å². The number of hydrogen-bond donors (Lipinski definition) is 1. The first kappa shape index (κ1) is 17.5. The lowest BCUT2D eigenvalue weighted by Crippen LogP contribution is -2.14. The fourth-order valence-corrected chi connectivity index (χ4v) is 2.66. The van der Waals surface area contributed by atoms with Gasteiger partial charge in [0, 0.05) is 18.1 Å². The lowest BCUT2D eigenvalue weighted by atomic mass is 10.1. The van der Waals surface area contributed by atoms with Gasteiger partial charge < -0.3 is 14.8 Å². The molecule has 0 fully saturated rings. The molecule has 0 atom stereocenters. The summed E-state index contributed by atoms with van der Waals surface area (Å²) in [6, 6.07) is 15.1. The first-order valence-electron chi connectivity index (χ1n) is 8.25. The average Bonchev–Trinajstić information content (AvgIpc) is 3.16. The maximum Gasteiger partial charge on any atom is 0.228 e. The van der Waals surface area contributed by atoms with Crippen LogP contribution in [-0.4, -0.2) is 29.9 Å². The molecule has 1 aromatic heterocycles. The summed E-state index contributed by atoms with van der Waals surface area (Å²) in [5, 5.41) is 7.09. The highest BCUT2D eigenvalue weighted by atomic mass is 16.5. The van der Waals surface area contributed by atoms with Crippen LogP contribution in [0.25, 0.3) is 0 Å². The van der Waals surface area contributed by atoms with Crippen molar-refractivity contribution in [1.29, 1.82) is 0 Å². The quantitative estimate of drug-likeness (QED) is 0.710. The molecule has 26 heavy (non-hydrogen) atoms. The number of benzene rings is 2. The van der Waals surface area contributed by atoms with E-state index in [1.807, 2.05) is 53.3 Å². The van der Waals surface area contributed by atoms with E-state index in [4.69, 9.17) is 9.47 Å². The molecule has 6 nitrogen and oxygen atoms in total. The molecule has 0 unspecified atom stereocenters. The second-order valence-electron chi connectivity index (χ2n) is 5.81. The van der Waals surface area contributed by atoms with Crippen molar-refractivity contribution in [3.8, 4) is 11.5 Å². The van der Waals surface area contributed by atoms with Crippen LogP contribution in [0.3, 0.4) is 0 Å². The van der Waals surface area contributed by atoms with E-state index in [1.165, 1.54) is 0 Å². The molecule has 1 heterocycles. The van der Waals surface area contributed by atoms with Gasteiger partial charge in [-0.1, -0.05) is 18.2 Å². The van der Waals surface area contributed by atoms with E-state index in [2.05, 4.69) is 10.4 Å². The van der Waals surface area contributed by atoms with Crippen molar-refractivity contribution < 1.29 is 14.3 Å². The third-order valence-corrected chi connectivity index (χ3v) is 3.95. The zero-order valence-electron chi connectivity index (χ0n) is 14.8. The fourth-order valence-electron chi connectivity index (χ4n) is 2.66. The monoisotopic (exact) mass is 351 g/mol. The van der Waals surface area contributed by atoms with E-state index >= 15 is 0 Å². The fraction of sp³-hybridized carbons (Fsp3) is 0.200. The summed E-state index contributed by atoms with van der Waals surface area (Å²) >= 11 is 0. The van der Waals surface area contributed by atoms with Gasteiger partial charge in [0.25, 0.3) is 0 Å². The first-order valence-corrected chi connectivity index (χ1v) is 8.25. The summed E-state index contributed by atoms with van der Waals surface area (Å²) in [6.07, 6.45) is 3.93. The maximum absolute atomic E-state index is 12.3. The summed E-state index contributed by atoms with van der Waals surface area (Å²) in [5.74, 6) is 1.17. The average molecular weight is 351 g/mol. The molecule has 3 rings (SSSR count). The number of ether oxygens (including phenoxy) is 2. The highest BCUT2D eigenvalue weighted by molar-refractivity contribution is 5.92. The van der Waals surface area contributed by atoms with Gasteiger partial charge in [0.05, 0.1) is 27.2 Å². The van der Waals surface area contributed by atoms with Crippen LogP contribution in [0.15, 0.2) is 60.9 Å². The molecule has 0 aliphatic rings. The number of amides is 1. The highest BCUT2D eigenvalue weighted by Gasteiger charge is 2.09. The molecule has 0 spiro atoms. The summed E-state index contributed by atoms with van der Waals surface area (Å²) in [6.45, 7) is 0.701. The molecule has 3 aromatic rings. The van der Waals surface area contributed by atoms with Crippen LogP contribution in [-0.2, 0) is 17.8 Å². The second-order valence-corrected chi connectivity index (χ2v) is 5.81. The molecule has 0 aliphatic heterocycles. The van der Waals surface area contributed by atoms with Gasteiger partial charge in [-0.25, -0.2) is 0 Å². The predicted molar refractivity (Wildman–Crippen MR) is 99.7 cm³/mol. The second kappa shape index (κ2) is 8.20. The Bertz CT molecular complexity index is 859. The van der Waals surface area contributed by atoms with E-state index in [0.717, 1.165) is 16.8 Å². The van der Waals surface area contributed by atoms with Gasteiger partial charge in [-0.05, 0) is 41.5 Å². The standard InChI is InChI=1S/C20H21N3O3/c1-25-18-9-6-16(12-19(18)26-2)13-20(24)22-17-7-4-15(5-8-17)14-23-11-3-10-21-23/h3-12H,13-14H2,1-2H3,(H,22,24). The third kappa shape index (κ3) is 4.42. The molecule has 6 heteroatoms. The van der Waals surface area contributed by atoms with Gasteiger partial charge in [0.1, 0.15) is 0 Å². The van der Waals surface area contributed by atoms with Crippen molar-refractivity contribution in [1.82, 2.24) is 9.78 Å². The number of nitrogens with one attached hydrogen (secondary N) is 1. The van der Waals surface area contributed by atoms with E-state index < -0.39 is 0 Å². The zero-order chi connectivity index (χ0) is 18.4. The van der Waals surface area contributed by atoms with Gasteiger partial charge >= 0.3 is 0 Å². The molecule has 1 N–H and O–H groups in total. The van der Waals surface area contributed by atoms with E-state index in [0.29, 0.717) is 18.0 Å². The van der Waals surface area contributed by atoms with Crippen LogP contribution in [0.5, 0.6) is 11.5 Å². The van der Waals surface area contributed by atoms with Crippen LogP contribution in [0.2, 0.25) is 0 Å². The van der Waals surface area contributed by atoms with Crippen molar-refractivity contribution in [3.05, 3.63) is 72.1 Å². The molecule has 1 amide bonds. The van der Waals surface area contributed by atoms with Gasteiger partial charge in [-0.2, -0.15) is 5.10 Å². The first-order chi connectivity index (χ1) is 12.7. The SMILES string of the molecule is COc1ccc(CC(=O)Nc2ccc(Cn3cccn3)cc2)cc1OC. The highest BCUT2D eigenvalue weighted by Crippen LogP contribution is 2.27. The van der Waals surface area contributed by atoms with Crippen molar-refractivity contribution in [3.63, 3.8) is 0 Å². The smallest absolute Gasteiger partial charge is 0.228 e. The Morgan fingerprint density at radius 1 is 1.04 bits per heavy atom. The summed E-state index contributed by atoms with van der Waals surface area (Å²) in [4.78, 5) is 12.3. The van der Waals surface area contributed by atoms with Gasteiger partial charge in [0.15, 0.2) is 11.5 Å². The zero-order valence-corrected chi connectivity index (χ0v) is 14.8. The van der Waals surface area contributed by atoms with E-state index in [-0.39, 0.29) is 12.3 Å². The van der Waals surface area contributed by atoms with Crippen LogP contribution in [0.4, 0.5) is 5.69 Å². The van der Waals surface area contributed by atoms with E-state index in [1.54, 1.807) is 26.5 Å². The van der Waals surface area contributed by atoms with Gasteiger partial charge in [0.2, 0.25) is 5.91 Å². The minimum atomic E-state index is -0.0861. The van der Waals surface area contributed by atoms with Crippen LogP contribution < -0.4 is 14.8 Å². The van der Waals surface area contributed by atoms with Crippen molar-refractivity contribution in [2.75, 3.05) is 19.5 Å². The third-order valence-electron chi connectivity index (χ3n) is 3.95. The molecule has 2 aromatic carbocycles. The summed E-state index contributed by atoms with van der Waals surface area (Å²) in [5.41, 5.74) is 2.74. The maximum atomic E-state index is 12.3. The Morgan fingerprint density at radius 3 is 2.42 bits per heavy atom. The Balaban J connectivity index is 1.59. The van der Waals surface area contributed by atoms with Gasteiger partial charge in [-0.15, -0.1) is 0 Å². The normalized spacial score (nSPS) is 10.4. The number of carbonyl (C=O) groups excluding carboxylic acids is 1. The predicted octanol–water partition coefficient (Wildman–Crippen LogP) is 3.13. The molecule has 0 aliphatic carbocycles. The summed E-state index contributed by atoms with van der Waals surface area (Å²) < 4.78 is 12.3. The molecule has 0 bridgehead atoms. The Morgan fingerprint density at radius 2 is 1.77 bits per heavy atom. The van der Waals surface area contributed by atoms with Crippen molar-refractivity contribution in [2.45, 2.75) is 13.0 Å². The molecular formula is C20H21N3O3. The Kier molecular flexibility index (Phi) is 5.53. The molecule has 0 saturated heterocycles. The number of hydrogen-bond acceptors (Lipinski definition) is 4. The molecule has 0 radical (unpaired) electrons. The largest absolute Gasteiger partial charge is 0.493 e. The lowest BCUT2D eigenvalue weighted by Gasteiger charge is -2.10. The topological polar surface area (TPSA) is 65.4 Å². The lowest BCUT2D eigenvalue weighted by molar-refractivity contribution is -0.115. The van der Waals surface area contributed by atoms with Crippen LogP contribution >= 0.6 is 0 Å². The number of carbonyl (C=O) groups is 1. The summed E-state index contributed by atoms with van der Waals surface area (Å²) in [7, 11) is 3.16. The number of nitrogens with zero attached hydrogens (tertiary/aromatic N) is 2. The minimum absolute atomic E-state index is 0.0861. The number of aromatic nitrogens is 2. The van der Waals surface area contributed by atoms with Crippen LogP contribution in [0.1, 0.15) is 11.1 Å². The minimum Gasteiger partial charge on any atom is -0.493 e. The Hall–Kier alpha value is -3.28.